The number of pyridine rings is 2. The maximum atomic E-state index is 12.1. The minimum Gasteiger partial charge on any atom is -0.496 e. The van der Waals surface area contributed by atoms with Crippen LogP contribution in [0.2, 0.25) is 10.0 Å². The summed E-state index contributed by atoms with van der Waals surface area (Å²) in [5.74, 6) is 1.78. The lowest BCUT2D eigenvalue weighted by Gasteiger charge is -2.47. The zero-order chi connectivity index (χ0) is 36.4. The number of nitrogens with zero attached hydrogens (tertiary/aromatic N) is 6. The van der Waals surface area contributed by atoms with Crippen molar-refractivity contribution in [3.05, 3.63) is 82.0 Å². The molecule has 4 aromatic rings. The number of benzene rings is 2. The maximum Gasteiger partial charge on any atom is 0.223 e. The monoisotopic (exact) mass is 740 g/mol. The molecule has 0 bridgehead atoms. The minimum absolute atomic E-state index is 0.0684. The number of hydrogen-bond acceptors (Lipinski definition) is 8. The molecule has 2 aromatic heterocycles. The van der Waals surface area contributed by atoms with Crippen LogP contribution >= 0.6 is 23.2 Å². The molecule has 12 heteroatoms. The molecule has 0 radical (unpaired) electrons. The Balaban J connectivity index is 1.00. The molecule has 0 N–H and O–H groups in total. The average Bonchev–Trinajstić information content (AvgIpc) is 3.58. The summed E-state index contributed by atoms with van der Waals surface area (Å²) in [5, 5.41) is 1.01. The Morgan fingerprint density at radius 2 is 1.31 bits per heavy atom. The number of carbonyl (C=O) groups is 2. The molecular formula is C40H42Cl2N6O4. The molecule has 0 saturated carbocycles. The normalized spacial score (nSPS) is 19.4. The molecule has 4 fully saturated rings. The van der Waals surface area contributed by atoms with Gasteiger partial charge in [0.15, 0.2) is 0 Å². The van der Waals surface area contributed by atoms with Gasteiger partial charge in [0.1, 0.15) is 5.75 Å². The second-order valence-corrected chi connectivity index (χ2v) is 16.0. The molecule has 10 nitrogen and oxygen atoms in total. The smallest absolute Gasteiger partial charge is 0.223 e. The number of amides is 2. The molecule has 2 aromatic carbocycles. The fourth-order valence-corrected chi connectivity index (χ4v) is 9.52. The number of hydrogen-bond donors (Lipinski definition) is 0. The molecular weight excluding hydrogens is 699 g/mol. The maximum absolute atomic E-state index is 12.1. The number of methoxy groups -OCH3 is 2. The first kappa shape index (κ1) is 34.8. The van der Waals surface area contributed by atoms with E-state index < -0.39 is 0 Å². The van der Waals surface area contributed by atoms with Crippen LogP contribution in [0.5, 0.6) is 11.6 Å². The van der Waals surface area contributed by atoms with Crippen LogP contribution in [0.3, 0.4) is 0 Å². The fourth-order valence-electron chi connectivity index (χ4n) is 8.87. The molecule has 2 amide bonds. The highest BCUT2D eigenvalue weighted by Gasteiger charge is 2.51. The van der Waals surface area contributed by atoms with Gasteiger partial charge in [-0.1, -0.05) is 59.6 Å². The van der Waals surface area contributed by atoms with Gasteiger partial charge >= 0.3 is 0 Å². The van der Waals surface area contributed by atoms with Gasteiger partial charge in [-0.3, -0.25) is 24.4 Å². The Labute approximate surface area is 314 Å². The van der Waals surface area contributed by atoms with E-state index in [-0.39, 0.29) is 22.6 Å². The van der Waals surface area contributed by atoms with E-state index in [1.807, 2.05) is 72.4 Å². The lowest BCUT2D eigenvalue weighted by molar-refractivity contribution is -0.127. The molecule has 270 valence electrons. The van der Waals surface area contributed by atoms with Crippen molar-refractivity contribution in [1.29, 1.82) is 0 Å². The summed E-state index contributed by atoms with van der Waals surface area (Å²) in [6.07, 6.45) is 2.99. The van der Waals surface area contributed by atoms with Crippen molar-refractivity contribution in [2.24, 2.45) is 10.8 Å². The quantitative estimate of drug-likeness (QED) is 0.203. The zero-order valence-electron chi connectivity index (χ0n) is 29.9. The van der Waals surface area contributed by atoms with Crippen LogP contribution in [0.15, 0.2) is 60.8 Å². The lowest BCUT2D eigenvalue weighted by atomic mass is 9.78. The number of rotatable bonds is 9. The highest BCUT2D eigenvalue weighted by atomic mass is 35.5. The van der Waals surface area contributed by atoms with Gasteiger partial charge in [-0.05, 0) is 18.2 Å². The van der Waals surface area contributed by atoms with Crippen LogP contribution in [0, 0.1) is 10.8 Å². The largest absolute Gasteiger partial charge is 0.496 e. The summed E-state index contributed by atoms with van der Waals surface area (Å²) in [6.45, 7) is 6.65. The number of aromatic nitrogens is 2. The molecule has 0 unspecified atom stereocenters. The third kappa shape index (κ3) is 6.19. The first-order valence-electron chi connectivity index (χ1n) is 17.6. The van der Waals surface area contributed by atoms with Crippen molar-refractivity contribution in [1.82, 2.24) is 29.6 Å². The Kier molecular flexibility index (Phi) is 8.93. The summed E-state index contributed by atoms with van der Waals surface area (Å²) in [6, 6.07) is 17.8. The number of carbonyl (C=O) groups excluding carboxylic acids is 2. The molecule has 52 heavy (non-hydrogen) atoms. The Morgan fingerprint density at radius 3 is 1.90 bits per heavy atom. The second-order valence-electron chi connectivity index (χ2n) is 15.2. The van der Waals surface area contributed by atoms with E-state index in [2.05, 4.69) is 20.9 Å². The van der Waals surface area contributed by atoms with Crippen LogP contribution in [0.1, 0.15) is 24.0 Å². The number of halogens is 2. The second kappa shape index (κ2) is 13.3. The first-order chi connectivity index (χ1) is 25.0. The van der Waals surface area contributed by atoms with Crippen LogP contribution in [0.25, 0.3) is 33.6 Å². The van der Waals surface area contributed by atoms with Crippen LogP contribution in [-0.2, 0) is 22.7 Å². The molecule has 4 aliphatic heterocycles. The van der Waals surface area contributed by atoms with Gasteiger partial charge in [-0.2, -0.15) is 0 Å². The van der Waals surface area contributed by atoms with Crippen molar-refractivity contribution < 1.29 is 19.1 Å². The number of likely N-dealkylation sites (tertiary alicyclic amines) is 4. The van der Waals surface area contributed by atoms with E-state index in [1.165, 1.54) is 0 Å². The van der Waals surface area contributed by atoms with Crippen LogP contribution < -0.4 is 9.47 Å². The summed E-state index contributed by atoms with van der Waals surface area (Å²) in [7, 11) is 7.08. The summed E-state index contributed by atoms with van der Waals surface area (Å²) < 4.78 is 11.6. The molecule has 4 saturated heterocycles. The third-order valence-electron chi connectivity index (χ3n) is 11.2. The van der Waals surface area contributed by atoms with Crippen LogP contribution in [-0.4, -0.2) is 109 Å². The van der Waals surface area contributed by atoms with E-state index in [9.17, 15) is 9.59 Å². The molecule has 2 spiro atoms. The summed E-state index contributed by atoms with van der Waals surface area (Å²) >= 11 is 14.3. The van der Waals surface area contributed by atoms with Gasteiger partial charge in [-0.15, -0.1) is 0 Å². The fraction of sp³-hybridized carbons (Fsp3) is 0.400. The van der Waals surface area contributed by atoms with E-state index in [1.54, 1.807) is 20.4 Å². The van der Waals surface area contributed by atoms with Gasteiger partial charge in [-0.25, -0.2) is 4.98 Å². The number of ether oxygens (including phenoxy) is 2. The highest BCUT2D eigenvalue weighted by molar-refractivity contribution is 6.39. The van der Waals surface area contributed by atoms with Crippen LogP contribution in [0.4, 0.5) is 0 Å². The van der Waals surface area contributed by atoms with Gasteiger partial charge in [0.25, 0.3) is 0 Å². The van der Waals surface area contributed by atoms with Gasteiger partial charge in [0.2, 0.25) is 17.7 Å². The molecule has 4 aliphatic rings. The molecule has 0 aliphatic carbocycles. The predicted octanol–water partition coefficient (Wildman–Crippen LogP) is 6.13. The topological polar surface area (TPSA) is 91.3 Å². The van der Waals surface area contributed by atoms with Crippen molar-refractivity contribution in [3.63, 3.8) is 0 Å². The van der Waals surface area contributed by atoms with E-state index >= 15 is 0 Å². The lowest BCUT2D eigenvalue weighted by Crippen LogP contribution is -2.56. The SMILES string of the molecule is COc1cc(-c2nccc(-c3cccc(-c4ccc(CN5CC6(CC(=O)N(C)C6)C5)c(OC)n4)c3Cl)c2Cl)ccc1CN1CC2(CC(=O)N(C)C2)C1. The Hall–Kier alpha value is -4.22. The summed E-state index contributed by atoms with van der Waals surface area (Å²) in [4.78, 5) is 42.2. The molecule has 8 rings (SSSR count). The van der Waals surface area contributed by atoms with Gasteiger partial charge in [0, 0.05) is 130 Å². The summed E-state index contributed by atoms with van der Waals surface area (Å²) in [5.41, 5.74) is 6.66. The van der Waals surface area contributed by atoms with Crippen molar-refractivity contribution in [2.75, 3.05) is 67.6 Å². The van der Waals surface area contributed by atoms with Gasteiger partial charge < -0.3 is 19.3 Å². The van der Waals surface area contributed by atoms with Crippen molar-refractivity contribution >= 4 is 35.0 Å². The van der Waals surface area contributed by atoms with E-state index in [4.69, 9.17) is 37.7 Å². The standard InChI is InChI=1S/C40H42Cl2N6O4/c1-45-19-39(15-33(45)49)21-47(22-39)17-26-9-8-25(14-32(26)51-3)37-36(42)29(12-13-43-37)28-6-5-7-30(35(28)41)31-11-10-27(38(44-31)52-4)18-48-23-40(24-48)16-34(50)46(2)20-40/h5-14H,15-24H2,1-4H3. The zero-order valence-corrected chi connectivity index (χ0v) is 31.4. The Bertz CT molecular complexity index is 1930. The predicted molar refractivity (Wildman–Crippen MR) is 201 cm³/mol. The van der Waals surface area contributed by atoms with Crippen molar-refractivity contribution in [3.8, 4) is 45.3 Å². The first-order valence-corrected chi connectivity index (χ1v) is 18.3. The third-order valence-corrected chi connectivity index (χ3v) is 12.0. The average molecular weight is 742 g/mol. The molecule has 0 atom stereocenters. The van der Waals surface area contributed by atoms with Crippen molar-refractivity contribution in [2.45, 2.75) is 25.9 Å². The van der Waals surface area contributed by atoms with E-state index in [0.717, 1.165) is 84.9 Å². The minimum atomic E-state index is 0.0684. The highest BCUT2D eigenvalue weighted by Crippen LogP contribution is 2.45. The Morgan fingerprint density at radius 1 is 0.712 bits per heavy atom. The van der Waals surface area contributed by atoms with Gasteiger partial charge in [0.05, 0.1) is 35.7 Å². The molecule has 6 heterocycles. The van der Waals surface area contributed by atoms with E-state index in [0.29, 0.717) is 46.7 Å².